The van der Waals surface area contributed by atoms with E-state index in [-0.39, 0.29) is 16.4 Å². The van der Waals surface area contributed by atoms with Gasteiger partial charge in [-0.05, 0) is 18.2 Å². The minimum absolute atomic E-state index is 0.147. The average molecular weight is 363 g/mol. The number of morpholine rings is 1. The van der Waals surface area contributed by atoms with Crippen molar-refractivity contribution in [1.82, 2.24) is 4.98 Å². The Morgan fingerprint density at radius 3 is 2.76 bits per heavy atom. The number of hydrogen-bond donors (Lipinski definition) is 1. The Hall–Kier alpha value is -2.71. The van der Waals surface area contributed by atoms with Crippen LogP contribution in [-0.2, 0) is 4.74 Å². The van der Waals surface area contributed by atoms with Crippen molar-refractivity contribution in [3.8, 4) is 0 Å². The van der Waals surface area contributed by atoms with E-state index in [1.807, 2.05) is 4.90 Å². The van der Waals surface area contributed by atoms with Crippen LogP contribution < -0.4 is 10.2 Å². The van der Waals surface area contributed by atoms with E-state index in [1.165, 1.54) is 18.3 Å². The molecule has 0 aliphatic carbocycles. The van der Waals surface area contributed by atoms with Crippen molar-refractivity contribution < 1.29 is 14.5 Å². The number of aromatic nitrogens is 1. The Labute approximate surface area is 148 Å². The number of ether oxygens (including phenoxy) is 1. The third-order valence-electron chi connectivity index (χ3n) is 3.79. The first-order valence-electron chi connectivity index (χ1n) is 7.59. The van der Waals surface area contributed by atoms with Crippen molar-refractivity contribution in [2.45, 2.75) is 0 Å². The first-order chi connectivity index (χ1) is 12.1. The van der Waals surface area contributed by atoms with E-state index in [9.17, 15) is 14.9 Å². The number of carbonyl (C=O) groups excluding carboxylic acids is 1. The van der Waals surface area contributed by atoms with Gasteiger partial charge < -0.3 is 15.0 Å². The molecule has 1 aliphatic rings. The summed E-state index contributed by atoms with van der Waals surface area (Å²) in [5, 5.41) is 13.9. The van der Waals surface area contributed by atoms with Crippen LogP contribution in [0.4, 0.5) is 17.1 Å². The van der Waals surface area contributed by atoms with E-state index in [1.54, 1.807) is 18.2 Å². The molecule has 1 N–H and O–H groups in total. The maximum atomic E-state index is 12.7. The van der Waals surface area contributed by atoms with Gasteiger partial charge in [0.15, 0.2) is 5.15 Å². The number of nitro benzene ring substituents is 1. The van der Waals surface area contributed by atoms with Crippen LogP contribution in [0.5, 0.6) is 0 Å². The summed E-state index contributed by atoms with van der Waals surface area (Å²) in [7, 11) is 0. The quantitative estimate of drug-likeness (QED) is 0.510. The SMILES string of the molecule is O=C(Nc1cccnc1Cl)c1cc([N+](=O)[O-])ccc1N1CCOCC1. The molecular weight excluding hydrogens is 348 g/mol. The standard InChI is InChI=1S/C16H15ClN4O4/c17-15-13(2-1-5-18-15)19-16(22)12-10-11(21(23)24)3-4-14(12)20-6-8-25-9-7-20/h1-5,10H,6-9H2,(H,19,22). The highest BCUT2D eigenvalue weighted by atomic mass is 35.5. The van der Waals surface area contributed by atoms with E-state index in [0.29, 0.717) is 37.7 Å². The molecule has 0 saturated carbocycles. The zero-order valence-corrected chi connectivity index (χ0v) is 13.9. The van der Waals surface area contributed by atoms with Crippen LogP contribution in [0.1, 0.15) is 10.4 Å². The Morgan fingerprint density at radius 2 is 2.08 bits per heavy atom. The highest BCUT2D eigenvalue weighted by molar-refractivity contribution is 6.32. The number of nitro groups is 1. The van der Waals surface area contributed by atoms with Gasteiger partial charge in [0.2, 0.25) is 0 Å². The molecule has 0 radical (unpaired) electrons. The van der Waals surface area contributed by atoms with Crippen LogP contribution in [0, 0.1) is 10.1 Å². The van der Waals surface area contributed by atoms with Crippen LogP contribution in [0.15, 0.2) is 36.5 Å². The number of benzene rings is 1. The first kappa shape index (κ1) is 17.1. The molecule has 1 fully saturated rings. The molecule has 0 unspecified atom stereocenters. The molecule has 1 aromatic heterocycles. The molecule has 0 spiro atoms. The minimum atomic E-state index is -0.531. The summed E-state index contributed by atoms with van der Waals surface area (Å²) >= 11 is 5.96. The fraction of sp³-hybridized carbons (Fsp3) is 0.250. The van der Waals surface area contributed by atoms with Gasteiger partial charge in [0.05, 0.1) is 35.1 Å². The van der Waals surface area contributed by atoms with Gasteiger partial charge in [0.1, 0.15) is 0 Å². The zero-order valence-electron chi connectivity index (χ0n) is 13.1. The highest BCUT2D eigenvalue weighted by Crippen LogP contribution is 2.28. The van der Waals surface area contributed by atoms with Crippen LogP contribution >= 0.6 is 11.6 Å². The number of non-ortho nitro benzene ring substituents is 1. The van der Waals surface area contributed by atoms with Crippen molar-refractivity contribution in [2.75, 3.05) is 36.5 Å². The molecule has 8 nitrogen and oxygen atoms in total. The Bertz CT molecular complexity index is 808. The molecule has 3 rings (SSSR count). The Morgan fingerprint density at radius 1 is 1.32 bits per heavy atom. The highest BCUT2D eigenvalue weighted by Gasteiger charge is 2.22. The first-order valence-corrected chi connectivity index (χ1v) is 7.97. The summed E-state index contributed by atoms with van der Waals surface area (Å²) in [5.74, 6) is -0.486. The van der Waals surface area contributed by atoms with Crippen LogP contribution in [0.3, 0.4) is 0 Å². The Balaban J connectivity index is 1.96. The van der Waals surface area contributed by atoms with Crippen LogP contribution in [-0.4, -0.2) is 42.1 Å². The molecule has 0 atom stereocenters. The molecule has 1 saturated heterocycles. The summed E-state index contributed by atoms with van der Waals surface area (Å²) in [5.41, 5.74) is 1.01. The predicted octanol–water partition coefficient (Wildman–Crippen LogP) is 2.73. The monoisotopic (exact) mass is 362 g/mol. The molecule has 2 aromatic rings. The van der Waals surface area contributed by atoms with Gasteiger partial charge in [-0.3, -0.25) is 14.9 Å². The summed E-state index contributed by atoms with van der Waals surface area (Å²) in [6.45, 7) is 2.27. The maximum Gasteiger partial charge on any atom is 0.270 e. The minimum Gasteiger partial charge on any atom is -0.378 e. The third kappa shape index (κ3) is 3.86. The smallest absolute Gasteiger partial charge is 0.270 e. The van der Waals surface area contributed by atoms with Gasteiger partial charge in [0.25, 0.3) is 11.6 Å². The maximum absolute atomic E-state index is 12.7. The number of rotatable bonds is 4. The number of pyridine rings is 1. The van der Waals surface area contributed by atoms with Crippen molar-refractivity contribution in [2.24, 2.45) is 0 Å². The molecule has 25 heavy (non-hydrogen) atoms. The number of amides is 1. The van der Waals surface area contributed by atoms with Gasteiger partial charge in [-0.2, -0.15) is 0 Å². The molecule has 1 aromatic carbocycles. The zero-order chi connectivity index (χ0) is 17.8. The van der Waals surface area contributed by atoms with Crippen LogP contribution in [0.25, 0.3) is 0 Å². The van der Waals surface area contributed by atoms with Gasteiger partial charge in [-0.15, -0.1) is 0 Å². The largest absolute Gasteiger partial charge is 0.378 e. The second kappa shape index (κ2) is 7.45. The van der Waals surface area contributed by atoms with E-state index >= 15 is 0 Å². The van der Waals surface area contributed by atoms with E-state index in [2.05, 4.69) is 10.3 Å². The average Bonchev–Trinajstić information content (AvgIpc) is 2.63. The molecule has 1 aliphatic heterocycles. The molecule has 2 heterocycles. The number of nitrogens with one attached hydrogen (secondary N) is 1. The second-order valence-electron chi connectivity index (χ2n) is 5.35. The predicted molar refractivity (Wildman–Crippen MR) is 93.3 cm³/mol. The van der Waals surface area contributed by atoms with E-state index in [0.717, 1.165) is 0 Å². The molecular formula is C16H15ClN4O4. The lowest BCUT2D eigenvalue weighted by Gasteiger charge is -2.30. The van der Waals surface area contributed by atoms with E-state index in [4.69, 9.17) is 16.3 Å². The summed E-state index contributed by atoms with van der Waals surface area (Å²) in [6, 6.07) is 7.49. The summed E-state index contributed by atoms with van der Waals surface area (Å²) < 4.78 is 5.32. The normalized spacial score (nSPS) is 14.2. The number of hydrogen-bond acceptors (Lipinski definition) is 6. The van der Waals surface area contributed by atoms with Gasteiger partial charge in [0, 0.05) is 31.4 Å². The fourth-order valence-corrected chi connectivity index (χ4v) is 2.73. The number of halogens is 1. The van der Waals surface area contributed by atoms with Crippen molar-refractivity contribution in [3.63, 3.8) is 0 Å². The summed E-state index contributed by atoms with van der Waals surface area (Å²) in [6.07, 6.45) is 1.50. The molecule has 9 heteroatoms. The van der Waals surface area contributed by atoms with Crippen LogP contribution in [0.2, 0.25) is 5.15 Å². The number of carbonyl (C=O) groups is 1. The molecule has 130 valence electrons. The van der Waals surface area contributed by atoms with Gasteiger partial charge >= 0.3 is 0 Å². The van der Waals surface area contributed by atoms with Gasteiger partial charge in [-0.25, -0.2) is 4.98 Å². The lowest BCUT2D eigenvalue weighted by Crippen LogP contribution is -2.37. The molecule has 0 bridgehead atoms. The Kier molecular flexibility index (Phi) is 5.11. The van der Waals surface area contributed by atoms with Gasteiger partial charge in [-0.1, -0.05) is 11.6 Å². The molecule has 1 amide bonds. The second-order valence-corrected chi connectivity index (χ2v) is 5.71. The van der Waals surface area contributed by atoms with Crippen molar-refractivity contribution >= 4 is 34.6 Å². The van der Waals surface area contributed by atoms with E-state index < -0.39 is 10.8 Å². The van der Waals surface area contributed by atoms with Crippen molar-refractivity contribution in [1.29, 1.82) is 0 Å². The van der Waals surface area contributed by atoms with Crippen molar-refractivity contribution in [3.05, 3.63) is 57.4 Å². The number of nitrogens with zero attached hydrogens (tertiary/aromatic N) is 3. The summed E-state index contributed by atoms with van der Waals surface area (Å²) in [4.78, 5) is 29.1. The third-order valence-corrected chi connectivity index (χ3v) is 4.10. The topological polar surface area (TPSA) is 97.6 Å². The lowest BCUT2D eigenvalue weighted by atomic mass is 10.1. The lowest BCUT2D eigenvalue weighted by molar-refractivity contribution is -0.384. The fourth-order valence-electron chi connectivity index (χ4n) is 2.57. The number of anilines is 2.